The number of rotatable bonds is 7. The second-order valence-electron chi connectivity index (χ2n) is 14.4. The zero-order chi connectivity index (χ0) is 25.2. The predicted molar refractivity (Wildman–Crippen MR) is 142 cm³/mol. The fourth-order valence-corrected chi connectivity index (χ4v) is 11.1. The number of hydrogen-bond donors (Lipinski definition) is 2. The summed E-state index contributed by atoms with van der Waals surface area (Å²) in [6.07, 6.45) is 15.2. The quantitative estimate of drug-likeness (QED) is 0.522. The van der Waals surface area contributed by atoms with Crippen LogP contribution >= 0.6 is 0 Å². The van der Waals surface area contributed by atoms with E-state index in [-0.39, 0.29) is 28.6 Å². The standard InChI is InChI=1S/C32H45NO4/c1-29(35,12-11-20-5-3-4-6-20)24-18-30-13-14-32(24,36-2)28-31(30)15-16-33(19-21-7-8-21)25(30)17-22-9-10-23(34)27(37-28)26(22)31/h9-10,20-21,24-25,28,34-35H,3-8,11-19H2,1-2H3/t24-,25-,28-,29-,30-,31+,32-/m1/s1. The summed E-state index contributed by atoms with van der Waals surface area (Å²) in [4.78, 5) is 2.85. The Morgan fingerprint density at radius 3 is 2.68 bits per heavy atom. The molecule has 0 radical (unpaired) electrons. The molecule has 1 saturated heterocycles. The lowest BCUT2D eigenvalue weighted by Crippen LogP contribution is -2.82. The first-order chi connectivity index (χ1) is 17.8. The minimum Gasteiger partial charge on any atom is -0.504 e. The zero-order valence-corrected chi connectivity index (χ0v) is 22.8. The van der Waals surface area contributed by atoms with E-state index in [1.165, 1.54) is 56.2 Å². The largest absolute Gasteiger partial charge is 0.504 e. The normalized spacial score (nSPS) is 43.5. The number of ether oxygens (including phenoxy) is 2. The van der Waals surface area contributed by atoms with E-state index in [4.69, 9.17) is 9.47 Å². The summed E-state index contributed by atoms with van der Waals surface area (Å²) < 4.78 is 13.6. The molecule has 6 fully saturated rings. The summed E-state index contributed by atoms with van der Waals surface area (Å²) in [6, 6.07) is 4.52. The van der Waals surface area contributed by atoms with Crippen molar-refractivity contribution in [3.05, 3.63) is 23.3 Å². The molecule has 0 unspecified atom stereocenters. The number of hydrogen-bond acceptors (Lipinski definition) is 5. The summed E-state index contributed by atoms with van der Waals surface area (Å²) in [7, 11) is 1.87. The first-order valence-corrected chi connectivity index (χ1v) is 15.4. The van der Waals surface area contributed by atoms with Crippen LogP contribution in [-0.4, -0.2) is 58.7 Å². The highest BCUT2D eigenvalue weighted by Gasteiger charge is 2.81. The monoisotopic (exact) mass is 507 g/mol. The molecule has 4 bridgehead atoms. The van der Waals surface area contributed by atoms with Crippen LogP contribution in [0, 0.1) is 23.2 Å². The first-order valence-electron chi connectivity index (χ1n) is 15.4. The van der Waals surface area contributed by atoms with Crippen molar-refractivity contribution in [1.82, 2.24) is 4.90 Å². The third kappa shape index (κ3) is 2.87. The van der Waals surface area contributed by atoms with E-state index >= 15 is 0 Å². The van der Waals surface area contributed by atoms with Crippen LogP contribution in [0.25, 0.3) is 0 Å². The summed E-state index contributed by atoms with van der Waals surface area (Å²) in [6.45, 7) is 4.45. The van der Waals surface area contributed by atoms with Gasteiger partial charge in [-0.2, -0.15) is 0 Å². The first kappa shape index (κ1) is 23.6. The smallest absolute Gasteiger partial charge is 0.165 e. The molecule has 0 aromatic heterocycles. The molecule has 1 aromatic rings. The van der Waals surface area contributed by atoms with Gasteiger partial charge < -0.3 is 19.7 Å². The van der Waals surface area contributed by atoms with Gasteiger partial charge in [0.05, 0.1) is 5.60 Å². The van der Waals surface area contributed by atoms with Gasteiger partial charge >= 0.3 is 0 Å². The Kier molecular flexibility index (Phi) is 4.88. The number of methoxy groups -OCH3 is 1. The van der Waals surface area contributed by atoms with Gasteiger partial charge in [-0.05, 0) is 94.7 Å². The average Bonchev–Trinajstić information content (AvgIpc) is 3.40. The highest BCUT2D eigenvalue weighted by Crippen LogP contribution is 2.77. The van der Waals surface area contributed by atoms with Crippen molar-refractivity contribution < 1.29 is 19.7 Å². The molecule has 5 heteroatoms. The van der Waals surface area contributed by atoms with Gasteiger partial charge in [0.2, 0.25) is 0 Å². The van der Waals surface area contributed by atoms with E-state index in [0.29, 0.717) is 6.04 Å². The van der Waals surface area contributed by atoms with Crippen LogP contribution < -0.4 is 4.74 Å². The van der Waals surface area contributed by atoms with Gasteiger partial charge in [-0.15, -0.1) is 0 Å². The second-order valence-corrected chi connectivity index (χ2v) is 14.4. The molecule has 2 aliphatic heterocycles. The fourth-order valence-electron chi connectivity index (χ4n) is 11.1. The van der Waals surface area contributed by atoms with Gasteiger partial charge in [0.25, 0.3) is 0 Å². The van der Waals surface area contributed by atoms with E-state index in [0.717, 1.165) is 69.1 Å². The van der Waals surface area contributed by atoms with Gasteiger partial charge in [-0.25, -0.2) is 0 Å². The van der Waals surface area contributed by atoms with Crippen LogP contribution in [0.1, 0.15) is 95.1 Å². The fraction of sp³-hybridized carbons (Fsp3) is 0.812. The summed E-state index contributed by atoms with van der Waals surface area (Å²) in [5.74, 6) is 2.69. The molecule has 5 saturated carbocycles. The number of fused-ring (bicyclic) bond motifs is 2. The van der Waals surface area contributed by atoms with Crippen LogP contribution in [0.2, 0.25) is 0 Å². The van der Waals surface area contributed by atoms with Crippen molar-refractivity contribution in [3.63, 3.8) is 0 Å². The van der Waals surface area contributed by atoms with Crippen LogP contribution in [0.3, 0.4) is 0 Å². The minimum atomic E-state index is -0.788. The van der Waals surface area contributed by atoms with Crippen LogP contribution in [0.15, 0.2) is 12.1 Å². The molecular weight excluding hydrogens is 462 g/mol. The number of nitrogens with zero attached hydrogens (tertiary/aromatic N) is 1. The molecule has 202 valence electrons. The number of benzene rings is 1. The Morgan fingerprint density at radius 1 is 1.11 bits per heavy atom. The maximum Gasteiger partial charge on any atom is 0.165 e. The van der Waals surface area contributed by atoms with E-state index in [9.17, 15) is 10.2 Å². The number of aromatic hydroxyl groups is 1. The molecule has 2 heterocycles. The molecule has 2 spiro atoms. The van der Waals surface area contributed by atoms with Crippen molar-refractivity contribution in [1.29, 1.82) is 0 Å². The molecule has 5 nitrogen and oxygen atoms in total. The Morgan fingerprint density at radius 2 is 1.92 bits per heavy atom. The van der Waals surface area contributed by atoms with Crippen LogP contribution in [-0.2, 0) is 16.6 Å². The van der Waals surface area contributed by atoms with Gasteiger partial charge in [0.15, 0.2) is 11.5 Å². The maximum absolute atomic E-state index is 12.3. The molecular formula is C32H45NO4. The van der Waals surface area contributed by atoms with E-state index in [2.05, 4.69) is 17.9 Å². The van der Waals surface area contributed by atoms with Gasteiger partial charge in [-0.1, -0.05) is 31.7 Å². The average molecular weight is 508 g/mol. The Labute approximate surface area is 221 Å². The second kappa shape index (κ2) is 7.67. The van der Waals surface area contributed by atoms with Crippen molar-refractivity contribution in [2.75, 3.05) is 20.2 Å². The molecule has 1 aromatic carbocycles. The van der Waals surface area contributed by atoms with Crippen molar-refractivity contribution in [2.24, 2.45) is 23.2 Å². The number of likely N-dealkylation sites (tertiary alicyclic amines) is 1. The van der Waals surface area contributed by atoms with Gasteiger partial charge in [0, 0.05) is 42.0 Å². The molecule has 2 N–H and O–H groups in total. The molecule has 6 aliphatic carbocycles. The van der Waals surface area contributed by atoms with Crippen molar-refractivity contribution >= 4 is 0 Å². The molecule has 0 amide bonds. The number of aliphatic hydroxyl groups is 1. The molecule has 9 rings (SSSR count). The Bertz CT molecular complexity index is 1110. The van der Waals surface area contributed by atoms with Gasteiger partial charge in [0.1, 0.15) is 11.7 Å². The topological polar surface area (TPSA) is 62.2 Å². The van der Waals surface area contributed by atoms with Crippen molar-refractivity contribution in [2.45, 2.75) is 119 Å². The number of phenolic OH excluding ortho intramolecular Hbond substituents is 1. The Hall–Kier alpha value is -1.30. The summed E-state index contributed by atoms with van der Waals surface area (Å²) in [5, 5.41) is 23.4. The number of phenols is 1. The predicted octanol–water partition coefficient (Wildman–Crippen LogP) is 5.34. The number of piperidine rings is 1. The van der Waals surface area contributed by atoms with Crippen LogP contribution in [0.4, 0.5) is 0 Å². The van der Waals surface area contributed by atoms with E-state index < -0.39 is 11.2 Å². The zero-order valence-electron chi connectivity index (χ0n) is 22.8. The highest BCUT2D eigenvalue weighted by atomic mass is 16.6. The van der Waals surface area contributed by atoms with Gasteiger partial charge in [-0.3, -0.25) is 4.90 Å². The third-order valence-electron chi connectivity index (χ3n) is 12.9. The Balaban J connectivity index is 1.26. The van der Waals surface area contributed by atoms with Crippen molar-refractivity contribution in [3.8, 4) is 11.5 Å². The highest BCUT2D eigenvalue weighted by molar-refractivity contribution is 5.63. The van der Waals surface area contributed by atoms with E-state index in [1.54, 1.807) is 0 Å². The summed E-state index contributed by atoms with van der Waals surface area (Å²) >= 11 is 0. The lowest BCUT2D eigenvalue weighted by atomic mass is 9.33. The van der Waals surface area contributed by atoms with Crippen LogP contribution in [0.5, 0.6) is 11.5 Å². The molecule has 37 heavy (non-hydrogen) atoms. The molecule has 8 aliphatic rings. The lowest BCUT2D eigenvalue weighted by Gasteiger charge is -2.75. The van der Waals surface area contributed by atoms with E-state index in [1.807, 2.05) is 13.2 Å². The molecule has 7 atom stereocenters. The SMILES string of the molecule is CO[C@]12CC[C@@]3(C[C@@H]1[C@](C)(O)CCC1CCCC1)[C@H]1Cc4ccc(O)c5c4[C@@]3(CCN1CC1CC1)[C@H]2O5. The maximum atomic E-state index is 12.3. The minimum absolute atomic E-state index is 0.0414. The third-order valence-corrected chi connectivity index (χ3v) is 12.9. The lowest BCUT2D eigenvalue weighted by molar-refractivity contribution is -0.303. The summed E-state index contributed by atoms with van der Waals surface area (Å²) in [5.41, 5.74) is 1.33.